The maximum absolute atomic E-state index is 10.9. The molecule has 1 aromatic carbocycles. The molecule has 0 radical (unpaired) electrons. The predicted molar refractivity (Wildman–Crippen MR) is 66.1 cm³/mol. The molecule has 16 heavy (non-hydrogen) atoms. The van der Waals surface area contributed by atoms with Gasteiger partial charge >= 0.3 is 0 Å². The second-order valence-corrected chi connectivity index (χ2v) is 4.79. The highest BCUT2D eigenvalue weighted by atomic mass is 32.2. The second kappa shape index (κ2) is 3.87. The number of benzene rings is 1. The Morgan fingerprint density at radius 3 is 2.81 bits per heavy atom. The number of amidine groups is 1. The van der Waals surface area contributed by atoms with Crippen molar-refractivity contribution in [1.29, 1.82) is 0 Å². The molecule has 4 heteroatoms. The summed E-state index contributed by atoms with van der Waals surface area (Å²) in [7, 11) is 0. The number of hydrogen-bond acceptors (Lipinski definition) is 3. The summed E-state index contributed by atoms with van der Waals surface area (Å²) in [5.41, 5.74) is 2.45. The van der Waals surface area contributed by atoms with Crippen molar-refractivity contribution in [1.82, 2.24) is 0 Å². The van der Waals surface area contributed by atoms with Gasteiger partial charge in [0.1, 0.15) is 0 Å². The van der Waals surface area contributed by atoms with Crippen LogP contribution >= 0.6 is 11.8 Å². The van der Waals surface area contributed by atoms with Crippen molar-refractivity contribution in [2.24, 2.45) is 9.98 Å². The third kappa shape index (κ3) is 1.93. The van der Waals surface area contributed by atoms with Gasteiger partial charge in [-0.2, -0.15) is 4.99 Å². The molecule has 0 saturated heterocycles. The summed E-state index contributed by atoms with van der Waals surface area (Å²) in [5.74, 6) is 0.823. The Labute approximate surface area is 97.7 Å². The van der Waals surface area contributed by atoms with Crippen LogP contribution in [0.4, 0.5) is 0 Å². The second-order valence-electron chi connectivity index (χ2n) is 3.85. The Kier molecular flexibility index (Phi) is 2.36. The highest BCUT2D eigenvalue weighted by Crippen LogP contribution is 2.38. The zero-order valence-corrected chi connectivity index (χ0v) is 9.41. The van der Waals surface area contributed by atoms with Crippen molar-refractivity contribution in [3.63, 3.8) is 0 Å². The number of thioether (sulfide) groups is 1. The lowest BCUT2D eigenvalue weighted by Crippen LogP contribution is -1.86. The average molecular weight is 230 g/mol. The molecule has 1 saturated carbocycles. The van der Waals surface area contributed by atoms with Crippen LogP contribution < -0.4 is 0 Å². The lowest BCUT2D eigenvalue weighted by Gasteiger charge is -1.93. The van der Waals surface area contributed by atoms with E-state index in [-0.39, 0.29) is 5.91 Å². The van der Waals surface area contributed by atoms with E-state index in [1.807, 2.05) is 18.2 Å². The Morgan fingerprint density at radius 2 is 2.12 bits per heavy atom. The van der Waals surface area contributed by atoms with E-state index in [0.29, 0.717) is 16.8 Å². The summed E-state index contributed by atoms with van der Waals surface area (Å²) < 4.78 is 0. The van der Waals surface area contributed by atoms with Crippen LogP contribution in [0, 0.1) is 0 Å². The fourth-order valence-electron chi connectivity index (χ4n) is 1.75. The predicted octanol–water partition coefficient (Wildman–Crippen LogP) is 2.24. The molecule has 1 aliphatic heterocycles. The van der Waals surface area contributed by atoms with Gasteiger partial charge < -0.3 is 0 Å². The summed E-state index contributed by atoms with van der Waals surface area (Å²) in [4.78, 5) is 19.2. The minimum atomic E-state index is -0.0683. The van der Waals surface area contributed by atoms with Crippen LogP contribution in [0.3, 0.4) is 0 Å². The summed E-state index contributed by atoms with van der Waals surface area (Å²) in [5, 5.41) is 0.637. The average Bonchev–Trinajstić information content (AvgIpc) is 2.95. The first-order valence-corrected chi connectivity index (χ1v) is 6.18. The van der Waals surface area contributed by atoms with Crippen LogP contribution in [0.2, 0.25) is 0 Å². The number of hydrogen-bond donors (Lipinski definition) is 0. The molecule has 0 bridgehead atoms. The Hall–Kier alpha value is -1.42. The maximum Gasteiger partial charge on any atom is 0.258 e. The van der Waals surface area contributed by atoms with E-state index in [2.05, 4.69) is 22.1 Å². The summed E-state index contributed by atoms with van der Waals surface area (Å²) in [6.07, 6.45) is 0.998. The third-order valence-electron chi connectivity index (χ3n) is 2.64. The minimum absolute atomic E-state index is 0.0683. The number of aliphatic imine (C=N–C) groups is 2. The van der Waals surface area contributed by atoms with Crippen LogP contribution in [-0.2, 0) is 4.79 Å². The molecule has 3 nitrogen and oxygen atoms in total. The van der Waals surface area contributed by atoms with Crippen LogP contribution in [0.25, 0.3) is 0 Å². The van der Waals surface area contributed by atoms with Gasteiger partial charge in [0, 0.05) is 11.6 Å². The fraction of sp³-hybridized carbons (Fsp3) is 0.250. The van der Waals surface area contributed by atoms with E-state index < -0.39 is 0 Å². The minimum Gasteiger partial charge on any atom is -0.272 e. The van der Waals surface area contributed by atoms with Gasteiger partial charge in [0.2, 0.25) is 0 Å². The van der Waals surface area contributed by atoms with Gasteiger partial charge in [-0.3, -0.25) is 4.79 Å². The SMILES string of the molecule is O=C1CSC(/N=C2\C[C@H]2c2ccccc2)=N1. The van der Waals surface area contributed by atoms with Crippen molar-refractivity contribution < 1.29 is 4.79 Å². The molecule has 1 atom stereocenters. The molecule has 1 fully saturated rings. The van der Waals surface area contributed by atoms with E-state index in [9.17, 15) is 4.79 Å². The van der Waals surface area contributed by atoms with Gasteiger partial charge in [-0.05, 0) is 12.0 Å². The first-order chi connectivity index (χ1) is 7.83. The smallest absolute Gasteiger partial charge is 0.258 e. The third-order valence-corrected chi connectivity index (χ3v) is 3.47. The standard InChI is InChI=1S/C12H10N2OS/c15-11-7-16-12(14-11)13-10-6-9(10)8-4-2-1-3-5-8/h1-5,9H,6-7H2/b13-10+/t9-/m0/s1. The summed E-state index contributed by atoms with van der Waals surface area (Å²) in [6.45, 7) is 0. The zero-order valence-electron chi connectivity index (χ0n) is 8.59. The van der Waals surface area contributed by atoms with E-state index in [1.165, 1.54) is 17.3 Å². The Morgan fingerprint density at radius 1 is 1.31 bits per heavy atom. The summed E-state index contributed by atoms with van der Waals surface area (Å²) >= 11 is 1.43. The van der Waals surface area contributed by atoms with Crippen LogP contribution in [-0.4, -0.2) is 22.5 Å². The molecule has 1 aliphatic carbocycles. The molecule has 80 valence electrons. The topological polar surface area (TPSA) is 41.8 Å². The number of amides is 1. The molecule has 1 aromatic rings. The number of carbonyl (C=O) groups excluding carboxylic acids is 1. The molecular formula is C12H10N2OS. The van der Waals surface area contributed by atoms with Gasteiger partial charge in [-0.1, -0.05) is 42.1 Å². The lowest BCUT2D eigenvalue weighted by atomic mass is 10.1. The van der Waals surface area contributed by atoms with E-state index in [1.54, 1.807) is 0 Å². The molecule has 2 aliphatic rings. The van der Waals surface area contributed by atoms with E-state index in [4.69, 9.17) is 0 Å². The van der Waals surface area contributed by atoms with Gasteiger partial charge in [0.05, 0.1) is 5.75 Å². The molecule has 1 amide bonds. The quantitative estimate of drug-likeness (QED) is 0.742. The highest BCUT2D eigenvalue weighted by molar-refractivity contribution is 8.14. The van der Waals surface area contributed by atoms with E-state index >= 15 is 0 Å². The number of nitrogens with zero attached hydrogens (tertiary/aromatic N) is 2. The molecule has 0 N–H and O–H groups in total. The molecular weight excluding hydrogens is 220 g/mol. The van der Waals surface area contributed by atoms with Crippen molar-refractivity contribution >= 4 is 28.5 Å². The monoisotopic (exact) mass is 230 g/mol. The summed E-state index contributed by atoms with van der Waals surface area (Å²) in [6, 6.07) is 10.3. The largest absolute Gasteiger partial charge is 0.272 e. The van der Waals surface area contributed by atoms with Crippen molar-refractivity contribution in [2.75, 3.05) is 5.75 Å². The van der Waals surface area contributed by atoms with Crippen molar-refractivity contribution in [3.8, 4) is 0 Å². The Balaban J connectivity index is 1.75. The van der Waals surface area contributed by atoms with Gasteiger partial charge in [-0.15, -0.1) is 0 Å². The van der Waals surface area contributed by atoms with Crippen LogP contribution in [0.15, 0.2) is 40.3 Å². The van der Waals surface area contributed by atoms with Gasteiger partial charge in [0.25, 0.3) is 5.91 Å². The fourth-order valence-corrected chi connectivity index (χ4v) is 2.41. The highest BCUT2D eigenvalue weighted by Gasteiger charge is 2.34. The molecule has 0 spiro atoms. The molecule has 0 aromatic heterocycles. The first kappa shape index (κ1) is 9.78. The van der Waals surface area contributed by atoms with E-state index in [0.717, 1.165) is 12.1 Å². The Bertz CT molecular complexity index is 493. The van der Waals surface area contributed by atoms with Crippen LogP contribution in [0.5, 0.6) is 0 Å². The van der Waals surface area contributed by atoms with Crippen molar-refractivity contribution in [2.45, 2.75) is 12.3 Å². The van der Waals surface area contributed by atoms with Gasteiger partial charge in [0.15, 0.2) is 5.17 Å². The number of rotatable bonds is 1. The first-order valence-electron chi connectivity index (χ1n) is 5.19. The van der Waals surface area contributed by atoms with Crippen molar-refractivity contribution in [3.05, 3.63) is 35.9 Å². The molecule has 1 heterocycles. The normalized spacial score (nSPS) is 26.0. The molecule has 3 rings (SSSR count). The molecule has 0 unspecified atom stereocenters. The maximum atomic E-state index is 10.9. The lowest BCUT2D eigenvalue weighted by molar-refractivity contribution is -0.115. The number of carbonyl (C=O) groups is 1. The zero-order chi connectivity index (χ0) is 11.0. The van der Waals surface area contributed by atoms with Gasteiger partial charge in [-0.25, -0.2) is 4.99 Å². The van der Waals surface area contributed by atoms with Crippen LogP contribution in [0.1, 0.15) is 17.9 Å².